The second-order valence-corrected chi connectivity index (χ2v) is 7.70. The van der Waals surface area contributed by atoms with E-state index >= 15 is 0 Å². The van der Waals surface area contributed by atoms with Gasteiger partial charge in [-0.25, -0.2) is 4.39 Å². The number of hydrogen-bond acceptors (Lipinski definition) is 6. The van der Waals surface area contributed by atoms with E-state index in [4.69, 9.17) is 9.47 Å². The Kier molecular flexibility index (Phi) is 6.53. The lowest BCUT2D eigenvalue weighted by Gasteiger charge is -2.31. The standard InChI is InChI=1S/C24H25FN2O5/c1-31-17-8-6-16(7-9-17)22(28)20-21(18-4-2-3-5-19(18)25)27(24(30)23(20)29)11-10-26-12-14-32-15-13-26/h2-9,21,28H,10-15H2,1H3/b22-20-. The number of nitrogens with zero attached hydrogens (tertiary/aromatic N) is 2. The van der Waals surface area contributed by atoms with Gasteiger partial charge in [0.1, 0.15) is 17.3 Å². The summed E-state index contributed by atoms with van der Waals surface area (Å²) in [6.45, 7) is 3.40. The van der Waals surface area contributed by atoms with Crippen LogP contribution >= 0.6 is 0 Å². The van der Waals surface area contributed by atoms with Crippen LogP contribution in [0.15, 0.2) is 54.1 Å². The smallest absolute Gasteiger partial charge is 0.295 e. The number of carbonyl (C=O) groups is 2. The van der Waals surface area contributed by atoms with Crippen molar-refractivity contribution >= 4 is 17.4 Å². The third-order valence-electron chi connectivity index (χ3n) is 5.86. The number of hydrogen-bond donors (Lipinski definition) is 1. The zero-order valence-electron chi connectivity index (χ0n) is 17.8. The van der Waals surface area contributed by atoms with E-state index in [0.717, 1.165) is 13.1 Å². The van der Waals surface area contributed by atoms with Crippen molar-refractivity contribution < 1.29 is 28.6 Å². The number of halogens is 1. The van der Waals surface area contributed by atoms with Crippen LogP contribution in [0.25, 0.3) is 5.76 Å². The maximum atomic E-state index is 14.8. The van der Waals surface area contributed by atoms with Gasteiger partial charge in [-0.2, -0.15) is 0 Å². The van der Waals surface area contributed by atoms with E-state index < -0.39 is 23.5 Å². The number of Topliss-reactive ketones (excluding diaryl/α,β-unsaturated/α-hetero) is 1. The van der Waals surface area contributed by atoms with Gasteiger partial charge in [0.2, 0.25) is 0 Å². The molecule has 2 saturated heterocycles. The molecule has 4 rings (SSSR count). The number of methoxy groups -OCH3 is 1. The molecule has 0 spiro atoms. The zero-order valence-corrected chi connectivity index (χ0v) is 17.8. The van der Waals surface area contributed by atoms with Crippen LogP contribution in [0.2, 0.25) is 0 Å². The van der Waals surface area contributed by atoms with Gasteiger partial charge in [0.15, 0.2) is 0 Å². The summed E-state index contributed by atoms with van der Waals surface area (Å²) in [6, 6.07) is 11.5. The summed E-state index contributed by atoms with van der Waals surface area (Å²) in [4.78, 5) is 29.5. The molecule has 2 aliphatic rings. The molecule has 1 amide bonds. The molecule has 8 heteroatoms. The van der Waals surface area contributed by atoms with Crippen molar-refractivity contribution in [2.24, 2.45) is 0 Å². The molecule has 2 aliphatic heterocycles. The van der Waals surface area contributed by atoms with E-state index in [1.165, 1.54) is 24.1 Å². The highest BCUT2D eigenvalue weighted by atomic mass is 19.1. The summed E-state index contributed by atoms with van der Waals surface area (Å²) in [7, 11) is 1.52. The van der Waals surface area contributed by atoms with E-state index in [1.807, 2.05) is 0 Å². The van der Waals surface area contributed by atoms with Crippen LogP contribution < -0.4 is 4.74 Å². The fraction of sp³-hybridized carbons (Fsp3) is 0.333. The molecule has 0 bridgehead atoms. The predicted octanol–water partition coefficient (Wildman–Crippen LogP) is 2.59. The lowest BCUT2D eigenvalue weighted by molar-refractivity contribution is -0.140. The molecule has 2 aromatic rings. The Hall–Kier alpha value is -3.23. The molecule has 0 radical (unpaired) electrons. The largest absolute Gasteiger partial charge is 0.507 e. The number of ether oxygens (including phenoxy) is 2. The summed E-state index contributed by atoms with van der Waals surface area (Å²) in [5.41, 5.74) is 0.398. The predicted molar refractivity (Wildman–Crippen MR) is 116 cm³/mol. The lowest BCUT2D eigenvalue weighted by Crippen LogP contribution is -2.42. The molecule has 0 aromatic heterocycles. The molecule has 168 valence electrons. The van der Waals surface area contributed by atoms with E-state index in [1.54, 1.807) is 36.4 Å². The van der Waals surface area contributed by atoms with Gasteiger partial charge in [-0.15, -0.1) is 0 Å². The second kappa shape index (κ2) is 9.50. The van der Waals surface area contributed by atoms with E-state index in [-0.39, 0.29) is 23.4 Å². The highest BCUT2D eigenvalue weighted by Crippen LogP contribution is 2.40. The molecule has 2 fully saturated rings. The van der Waals surface area contributed by atoms with Crippen LogP contribution in [0.1, 0.15) is 17.2 Å². The Bertz CT molecular complexity index is 1030. The first-order valence-electron chi connectivity index (χ1n) is 10.5. The number of rotatable bonds is 6. The molecule has 1 unspecified atom stereocenters. The van der Waals surface area contributed by atoms with Crippen molar-refractivity contribution in [3.8, 4) is 5.75 Å². The van der Waals surface area contributed by atoms with Crippen LogP contribution in [0.5, 0.6) is 5.75 Å². The second-order valence-electron chi connectivity index (χ2n) is 7.70. The normalized spacial score (nSPS) is 21.2. The summed E-state index contributed by atoms with van der Waals surface area (Å²) >= 11 is 0. The zero-order chi connectivity index (χ0) is 22.7. The van der Waals surface area contributed by atoms with Crippen molar-refractivity contribution in [2.75, 3.05) is 46.5 Å². The average molecular weight is 440 g/mol. The van der Waals surface area contributed by atoms with Gasteiger partial charge in [-0.3, -0.25) is 14.5 Å². The highest BCUT2D eigenvalue weighted by molar-refractivity contribution is 6.46. The number of morpholine rings is 1. The third-order valence-corrected chi connectivity index (χ3v) is 5.86. The van der Waals surface area contributed by atoms with Crippen LogP contribution in [0.4, 0.5) is 4.39 Å². The number of benzene rings is 2. The van der Waals surface area contributed by atoms with Crippen molar-refractivity contribution in [1.82, 2.24) is 9.80 Å². The Morgan fingerprint density at radius 1 is 1.09 bits per heavy atom. The van der Waals surface area contributed by atoms with Crippen molar-refractivity contribution in [3.05, 3.63) is 71.0 Å². The summed E-state index contributed by atoms with van der Waals surface area (Å²) in [6.07, 6.45) is 0. The Morgan fingerprint density at radius 3 is 2.44 bits per heavy atom. The maximum Gasteiger partial charge on any atom is 0.295 e. The van der Waals surface area contributed by atoms with Gasteiger partial charge in [-0.1, -0.05) is 18.2 Å². The van der Waals surface area contributed by atoms with E-state index in [0.29, 0.717) is 31.1 Å². The van der Waals surface area contributed by atoms with Crippen molar-refractivity contribution in [3.63, 3.8) is 0 Å². The SMILES string of the molecule is COc1ccc(/C(O)=C2/C(=O)C(=O)N(CCN3CCOCC3)C2c2ccccc2F)cc1. The van der Waals surface area contributed by atoms with Gasteiger partial charge in [-0.05, 0) is 30.3 Å². The fourth-order valence-electron chi connectivity index (χ4n) is 4.11. The van der Waals surface area contributed by atoms with Crippen molar-refractivity contribution in [2.45, 2.75) is 6.04 Å². The van der Waals surface area contributed by atoms with Crippen molar-refractivity contribution in [1.29, 1.82) is 0 Å². The fourth-order valence-corrected chi connectivity index (χ4v) is 4.11. The first kappa shape index (κ1) is 22.0. The topological polar surface area (TPSA) is 79.3 Å². The summed E-state index contributed by atoms with van der Waals surface area (Å²) < 4.78 is 25.3. The third kappa shape index (κ3) is 4.24. The van der Waals surface area contributed by atoms with Gasteiger partial charge < -0.3 is 19.5 Å². The quantitative estimate of drug-likeness (QED) is 0.423. The van der Waals surface area contributed by atoms with Gasteiger partial charge >= 0.3 is 0 Å². The number of aliphatic hydroxyl groups is 1. The van der Waals surface area contributed by atoms with Crippen LogP contribution in [0.3, 0.4) is 0 Å². The summed E-state index contributed by atoms with van der Waals surface area (Å²) in [5, 5.41) is 11.0. The van der Waals surface area contributed by atoms with Gasteiger partial charge in [0.25, 0.3) is 11.7 Å². The number of amides is 1. The first-order chi connectivity index (χ1) is 15.5. The minimum atomic E-state index is -1.01. The molecule has 1 atom stereocenters. The monoisotopic (exact) mass is 440 g/mol. The molecule has 32 heavy (non-hydrogen) atoms. The number of aliphatic hydroxyl groups excluding tert-OH is 1. The Morgan fingerprint density at radius 2 is 1.78 bits per heavy atom. The Balaban J connectivity index is 1.74. The Labute approximate surface area is 185 Å². The first-order valence-corrected chi connectivity index (χ1v) is 10.5. The summed E-state index contributed by atoms with van der Waals surface area (Å²) in [5.74, 6) is -1.88. The minimum Gasteiger partial charge on any atom is -0.507 e. The van der Waals surface area contributed by atoms with E-state index in [9.17, 15) is 19.1 Å². The molecule has 2 aromatic carbocycles. The molecule has 0 aliphatic carbocycles. The van der Waals surface area contributed by atoms with Crippen LogP contribution in [0, 0.1) is 5.82 Å². The molecular weight excluding hydrogens is 415 g/mol. The van der Waals surface area contributed by atoms with Gasteiger partial charge in [0, 0.05) is 37.3 Å². The van der Waals surface area contributed by atoms with E-state index in [2.05, 4.69) is 4.90 Å². The van der Waals surface area contributed by atoms with Gasteiger partial charge in [0.05, 0.1) is 31.9 Å². The van der Waals surface area contributed by atoms with Crippen LogP contribution in [-0.4, -0.2) is 73.1 Å². The molecule has 7 nitrogen and oxygen atoms in total. The minimum absolute atomic E-state index is 0.118. The number of ketones is 1. The molecular formula is C24H25FN2O5. The maximum absolute atomic E-state index is 14.8. The number of carbonyl (C=O) groups excluding carboxylic acids is 2. The molecule has 1 N–H and O–H groups in total. The number of likely N-dealkylation sites (tertiary alicyclic amines) is 1. The highest BCUT2D eigenvalue weighted by Gasteiger charge is 2.46. The lowest BCUT2D eigenvalue weighted by atomic mass is 9.95. The van der Waals surface area contributed by atoms with Crippen LogP contribution in [-0.2, 0) is 14.3 Å². The molecule has 0 saturated carbocycles. The average Bonchev–Trinajstić information content (AvgIpc) is 3.08. The molecule has 2 heterocycles.